The molecule has 1 aromatic carbocycles. The Morgan fingerprint density at radius 2 is 2.19 bits per heavy atom. The van der Waals surface area contributed by atoms with Gasteiger partial charge in [-0.25, -0.2) is 9.18 Å². The Hall–Kier alpha value is -1.63. The summed E-state index contributed by atoms with van der Waals surface area (Å²) in [5.41, 5.74) is 4.71. The average molecular weight is 291 g/mol. The lowest BCUT2D eigenvalue weighted by molar-refractivity contribution is -0.121. The van der Waals surface area contributed by atoms with E-state index in [-0.39, 0.29) is 5.75 Å². The highest BCUT2D eigenvalue weighted by atomic mass is 79.9. The van der Waals surface area contributed by atoms with Gasteiger partial charge >= 0.3 is 6.03 Å². The van der Waals surface area contributed by atoms with Crippen LogP contribution in [-0.4, -0.2) is 18.5 Å². The normalized spacial score (nSPS) is 9.62. The van der Waals surface area contributed by atoms with E-state index in [9.17, 15) is 14.0 Å². The van der Waals surface area contributed by atoms with Crippen molar-refractivity contribution in [2.24, 2.45) is 5.73 Å². The van der Waals surface area contributed by atoms with Crippen molar-refractivity contribution < 1.29 is 18.7 Å². The van der Waals surface area contributed by atoms with Crippen LogP contribution in [0.3, 0.4) is 0 Å². The first-order chi connectivity index (χ1) is 7.49. The number of carbonyl (C=O) groups excluding carboxylic acids is 2. The topological polar surface area (TPSA) is 81.4 Å². The number of amides is 3. The van der Waals surface area contributed by atoms with E-state index >= 15 is 0 Å². The Morgan fingerprint density at radius 1 is 1.50 bits per heavy atom. The summed E-state index contributed by atoms with van der Waals surface area (Å²) in [4.78, 5) is 21.2. The molecule has 0 saturated carbocycles. The number of imide groups is 1. The zero-order valence-corrected chi connectivity index (χ0v) is 9.58. The molecule has 0 aliphatic carbocycles. The first-order valence-electron chi connectivity index (χ1n) is 4.16. The molecule has 16 heavy (non-hydrogen) atoms. The zero-order chi connectivity index (χ0) is 12.1. The summed E-state index contributed by atoms with van der Waals surface area (Å²) in [6.45, 7) is -0.485. The minimum absolute atomic E-state index is 0.0807. The molecule has 0 spiro atoms. The van der Waals surface area contributed by atoms with Gasteiger partial charge in [0.25, 0.3) is 5.91 Å². The quantitative estimate of drug-likeness (QED) is 0.876. The second kappa shape index (κ2) is 5.45. The van der Waals surface area contributed by atoms with Crippen LogP contribution in [0.1, 0.15) is 0 Å². The van der Waals surface area contributed by atoms with E-state index in [0.717, 1.165) is 0 Å². The molecule has 0 bridgehead atoms. The molecule has 3 N–H and O–H groups in total. The van der Waals surface area contributed by atoms with Crippen LogP contribution in [0.15, 0.2) is 22.7 Å². The van der Waals surface area contributed by atoms with Gasteiger partial charge in [-0.2, -0.15) is 0 Å². The summed E-state index contributed by atoms with van der Waals surface area (Å²) in [5, 5.41) is 1.79. The lowest BCUT2D eigenvalue weighted by atomic mass is 10.3. The van der Waals surface area contributed by atoms with Crippen LogP contribution in [0.5, 0.6) is 5.75 Å². The summed E-state index contributed by atoms with van der Waals surface area (Å²) in [6.07, 6.45) is 0. The Morgan fingerprint density at radius 3 is 2.75 bits per heavy atom. The van der Waals surface area contributed by atoms with Crippen molar-refractivity contribution in [3.05, 3.63) is 28.5 Å². The van der Waals surface area contributed by atoms with E-state index < -0.39 is 24.4 Å². The van der Waals surface area contributed by atoms with Crippen molar-refractivity contribution in [2.45, 2.75) is 0 Å². The number of urea groups is 1. The first-order valence-corrected chi connectivity index (χ1v) is 4.95. The Labute approximate surface area is 98.9 Å². The monoisotopic (exact) mass is 290 g/mol. The van der Waals surface area contributed by atoms with E-state index in [0.29, 0.717) is 4.47 Å². The highest BCUT2D eigenvalue weighted by molar-refractivity contribution is 9.10. The third-order valence-corrected chi connectivity index (χ3v) is 2.01. The second-order valence-electron chi connectivity index (χ2n) is 2.78. The van der Waals surface area contributed by atoms with Gasteiger partial charge in [-0.15, -0.1) is 0 Å². The third-order valence-electron chi connectivity index (χ3n) is 1.52. The number of hydrogen-bond acceptors (Lipinski definition) is 3. The fourth-order valence-corrected chi connectivity index (χ4v) is 1.24. The fourth-order valence-electron chi connectivity index (χ4n) is 0.909. The standard InChI is InChI=1S/C9H8BrFN2O3/c10-5-1-2-7(6(11)3-5)16-4-8(14)13-9(12)15/h1-3H,4H2,(H3,12,13,14,15). The van der Waals surface area contributed by atoms with Crippen LogP contribution >= 0.6 is 15.9 Å². The molecule has 0 aromatic heterocycles. The van der Waals surface area contributed by atoms with Gasteiger partial charge < -0.3 is 10.5 Å². The minimum atomic E-state index is -0.982. The number of primary amides is 1. The molecule has 0 unspecified atom stereocenters. The summed E-state index contributed by atoms with van der Waals surface area (Å²) in [6, 6.07) is 3.13. The van der Waals surface area contributed by atoms with E-state index in [1.807, 2.05) is 0 Å². The van der Waals surface area contributed by atoms with Gasteiger partial charge in [0.05, 0.1) is 0 Å². The molecule has 7 heteroatoms. The molecule has 0 fully saturated rings. The number of nitrogens with one attached hydrogen (secondary N) is 1. The van der Waals surface area contributed by atoms with Gasteiger partial charge in [0.1, 0.15) is 0 Å². The van der Waals surface area contributed by atoms with E-state index in [2.05, 4.69) is 15.9 Å². The number of rotatable bonds is 3. The highest BCUT2D eigenvalue weighted by Gasteiger charge is 2.08. The van der Waals surface area contributed by atoms with E-state index in [1.54, 1.807) is 11.4 Å². The predicted octanol–water partition coefficient (Wildman–Crippen LogP) is 1.16. The van der Waals surface area contributed by atoms with Gasteiger partial charge in [-0.3, -0.25) is 10.1 Å². The predicted molar refractivity (Wildman–Crippen MR) is 57.3 cm³/mol. The molecule has 86 valence electrons. The number of benzene rings is 1. The van der Waals surface area contributed by atoms with Gasteiger partial charge in [-0.1, -0.05) is 15.9 Å². The summed E-state index contributed by atoms with van der Waals surface area (Å²) in [7, 11) is 0. The molecule has 3 amide bonds. The molecule has 5 nitrogen and oxygen atoms in total. The number of hydrogen-bond donors (Lipinski definition) is 2. The van der Waals surface area contributed by atoms with Crippen molar-refractivity contribution in [2.75, 3.05) is 6.61 Å². The fraction of sp³-hybridized carbons (Fsp3) is 0.111. The molecular weight excluding hydrogens is 283 g/mol. The number of carbonyl (C=O) groups is 2. The minimum Gasteiger partial charge on any atom is -0.481 e. The van der Waals surface area contributed by atoms with Crippen LogP contribution in [0, 0.1) is 5.82 Å². The molecule has 0 saturated heterocycles. The van der Waals surface area contributed by atoms with Crippen LogP contribution in [-0.2, 0) is 4.79 Å². The number of ether oxygens (including phenoxy) is 1. The van der Waals surface area contributed by atoms with Crippen molar-refractivity contribution in [1.29, 1.82) is 0 Å². The Bertz CT molecular complexity index is 425. The van der Waals surface area contributed by atoms with Crippen molar-refractivity contribution in [3.63, 3.8) is 0 Å². The van der Waals surface area contributed by atoms with Crippen LogP contribution in [0.4, 0.5) is 9.18 Å². The maximum absolute atomic E-state index is 13.2. The largest absolute Gasteiger partial charge is 0.481 e. The van der Waals surface area contributed by atoms with Crippen molar-refractivity contribution in [3.8, 4) is 5.75 Å². The second-order valence-corrected chi connectivity index (χ2v) is 3.69. The maximum atomic E-state index is 13.2. The lowest BCUT2D eigenvalue weighted by Gasteiger charge is -2.06. The average Bonchev–Trinajstić information content (AvgIpc) is 2.15. The SMILES string of the molecule is NC(=O)NC(=O)COc1ccc(Br)cc1F. The molecule has 0 aliphatic rings. The lowest BCUT2D eigenvalue weighted by Crippen LogP contribution is -2.38. The van der Waals surface area contributed by atoms with Gasteiger partial charge in [0.2, 0.25) is 0 Å². The van der Waals surface area contributed by atoms with Crippen molar-refractivity contribution in [1.82, 2.24) is 5.32 Å². The molecule has 0 radical (unpaired) electrons. The smallest absolute Gasteiger partial charge is 0.318 e. The Balaban J connectivity index is 2.54. The van der Waals surface area contributed by atoms with Gasteiger partial charge in [0, 0.05) is 4.47 Å². The molecular formula is C9H8BrFN2O3. The first kappa shape index (κ1) is 12.4. The van der Waals surface area contributed by atoms with Crippen LogP contribution in [0.2, 0.25) is 0 Å². The van der Waals surface area contributed by atoms with Crippen LogP contribution < -0.4 is 15.8 Å². The van der Waals surface area contributed by atoms with E-state index in [4.69, 9.17) is 10.5 Å². The molecule has 0 aliphatic heterocycles. The Kier molecular flexibility index (Phi) is 4.24. The molecule has 1 rings (SSSR count). The molecule has 1 aromatic rings. The highest BCUT2D eigenvalue weighted by Crippen LogP contribution is 2.21. The van der Waals surface area contributed by atoms with E-state index in [1.165, 1.54) is 12.1 Å². The van der Waals surface area contributed by atoms with Gasteiger partial charge in [0.15, 0.2) is 18.2 Å². The van der Waals surface area contributed by atoms with Gasteiger partial charge in [-0.05, 0) is 18.2 Å². The summed E-state index contributed by atoms with van der Waals surface area (Å²) < 4.78 is 18.6. The number of nitrogens with two attached hydrogens (primary N) is 1. The maximum Gasteiger partial charge on any atom is 0.318 e. The molecule has 0 atom stereocenters. The van der Waals surface area contributed by atoms with Crippen molar-refractivity contribution >= 4 is 27.9 Å². The number of halogens is 2. The summed E-state index contributed by atoms with van der Waals surface area (Å²) >= 11 is 3.07. The molecule has 0 heterocycles. The third kappa shape index (κ3) is 3.85. The zero-order valence-electron chi connectivity index (χ0n) is 8.00. The summed E-state index contributed by atoms with van der Waals surface area (Å²) in [5.74, 6) is -1.43. The van der Waals surface area contributed by atoms with Crippen LogP contribution in [0.25, 0.3) is 0 Å².